The number of hydrogen-bond donors (Lipinski definition) is 2. The first kappa shape index (κ1) is 15.4. The minimum atomic E-state index is -0.870. The van der Waals surface area contributed by atoms with Crippen LogP contribution in [0.3, 0.4) is 0 Å². The predicted octanol–water partition coefficient (Wildman–Crippen LogP) is 2.52. The Morgan fingerprint density at radius 1 is 1.47 bits per heavy atom. The number of carbonyl (C=O) groups excluding carboxylic acids is 1. The van der Waals surface area contributed by atoms with Gasteiger partial charge in [0, 0.05) is 11.6 Å². The van der Waals surface area contributed by atoms with Crippen molar-refractivity contribution in [2.45, 2.75) is 39.3 Å². The predicted molar refractivity (Wildman–Crippen MR) is 70.3 cm³/mol. The normalized spacial score (nSPS) is 13.9. The maximum Gasteiger partial charge on any atom is 0.327 e. The Bertz CT molecular complexity index is 437. The van der Waals surface area contributed by atoms with E-state index in [1.54, 1.807) is 6.92 Å². The maximum atomic E-state index is 13.3. The van der Waals surface area contributed by atoms with Gasteiger partial charge in [-0.05, 0) is 38.5 Å². The molecule has 0 saturated heterocycles. The van der Waals surface area contributed by atoms with E-state index in [1.165, 1.54) is 6.07 Å². The standard InChI is InChI=1S/C14H20FNO3/c1-4-9(3)16-13(14(18)19-5-2)11-8-10(15)6-7-12(11)17/h6-9,13,16-17H,4-5H2,1-3H3. The van der Waals surface area contributed by atoms with Gasteiger partial charge in [-0.3, -0.25) is 5.32 Å². The summed E-state index contributed by atoms with van der Waals surface area (Å²) in [5, 5.41) is 12.8. The SMILES string of the molecule is CCOC(=O)C(NC(C)CC)c1cc(F)ccc1O. The lowest BCUT2D eigenvalue weighted by Gasteiger charge is -2.22. The molecule has 0 aliphatic heterocycles. The third-order valence-corrected chi connectivity index (χ3v) is 2.89. The number of esters is 1. The number of hydrogen-bond acceptors (Lipinski definition) is 4. The van der Waals surface area contributed by atoms with E-state index < -0.39 is 17.8 Å². The number of benzene rings is 1. The summed E-state index contributed by atoms with van der Waals surface area (Å²) in [5.74, 6) is -1.16. The van der Waals surface area contributed by atoms with Crippen molar-refractivity contribution in [3.05, 3.63) is 29.6 Å². The molecule has 19 heavy (non-hydrogen) atoms. The van der Waals surface area contributed by atoms with Gasteiger partial charge in [-0.2, -0.15) is 0 Å². The Hall–Kier alpha value is -1.62. The molecule has 0 spiro atoms. The summed E-state index contributed by atoms with van der Waals surface area (Å²) in [5.41, 5.74) is 0.193. The Kier molecular flexibility index (Phi) is 5.76. The quantitative estimate of drug-likeness (QED) is 0.779. The highest BCUT2D eigenvalue weighted by atomic mass is 19.1. The number of ether oxygens (including phenoxy) is 1. The van der Waals surface area contributed by atoms with Crippen LogP contribution in [-0.4, -0.2) is 23.7 Å². The molecule has 0 amide bonds. The number of halogens is 1. The van der Waals surface area contributed by atoms with Crippen molar-refractivity contribution in [1.29, 1.82) is 0 Å². The van der Waals surface area contributed by atoms with Crippen molar-refractivity contribution >= 4 is 5.97 Å². The molecule has 1 aromatic rings. The Morgan fingerprint density at radius 3 is 2.74 bits per heavy atom. The largest absolute Gasteiger partial charge is 0.508 e. The molecular formula is C14H20FNO3. The second-order valence-corrected chi connectivity index (χ2v) is 4.36. The van der Waals surface area contributed by atoms with Crippen molar-refractivity contribution in [1.82, 2.24) is 5.32 Å². The smallest absolute Gasteiger partial charge is 0.327 e. The highest BCUT2D eigenvalue weighted by Crippen LogP contribution is 2.26. The fourth-order valence-corrected chi connectivity index (χ4v) is 1.67. The number of phenolic OH excluding ortho intramolecular Hbond substituents is 1. The fourth-order valence-electron chi connectivity index (χ4n) is 1.67. The van der Waals surface area contributed by atoms with Crippen LogP contribution in [0.15, 0.2) is 18.2 Å². The van der Waals surface area contributed by atoms with E-state index in [2.05, 4.69) is 5.32 Å². The van der Waals surface area contributed by atoms with Crippen LogP contribution in [0, 0.1) is 5.82 Å². The molecular weight excluding hydrogens is 249 g/mol. The maximum absolute atomic E-state index is 13.3. The zero-order chi connectivity index (χ0) is 14.4. The summed E-state index contributed by atoms with van der Waals surface area (Å²) in [4.78, 5) is 11.9. The van der Waals surface area contributed by atoms with Crippen LogP contribution in [0.2, 0.25) is 0 Å². The molecule has 0 radical (unpaired) electrons. The average Bonchev–Trinajstić information content (AvgIpc) is 2.39. The molecule has 2 atom stereocenters. The first-order valence-corrected chi connectivity index (χ1v) is 6.40. The van der Waals surface area contributed by atoms with Gasteiger partial charge in [0.2, 0.25) is 0 Å². The lowest BCUT2D eigenvalue weighted by Crippen LogP contribution is -2.36. The van der Waals surface area contributed by atoms with E-state index in [0.717, 1.165) is 18.6 Å². The molecule has 0 heterocycles. The van der Waals surface area contributed by atoms with Gasteiger partial charge in [0.25, 0.3) is 0 Å². The first-order chi connectivity index (χ1) is 8.99. The number of phenols is 1. The molecule has 4 nitrogen and oxygen atoms in total. The minimum Gasteiger partial charge on any atom is -0.508 e. The monoisotopic (exact) mass is 269 g/mol. The van der Waals surface area contributed by atoms with E-state index in [9.17, 15) is 14.3 Å². The molecule has 0 saturated carbocycles. The average molecular weight is 269 g/mol. The van der Waals surface area contributed by atoms with E-state index in [1.807, 2.05) is 13.8 Å². The molecule has 0 aliphatic rings. The van der Waals surface area contributed by atoms with Gasteiger partial charge in [0.1, 0.15) is 17.6 Å². The molecule has 2 N–H and O–H groups in total. The van der Waals surface area contributed by atoms with Gasteiger partial charge in [0.05, 0.1) is 6.61 Å². The van der Waals surface area contributed by atoms with Crippen LogP contribution in [0.25, 0.3) is 0 Å². The summed E-state index contributed by atoms with van der Waals surface area (Å²) in [7, 11) is 0. The molecule has 0 aromatic heterocycles. The molecule has 106 valence electrons. The molecule has 0 bridgehead atoms. The second-order valence-electron chi connectivity index (χ2n) is 4.36. The molecule has 0 fully saturated rings. The molecule has 2 unspecified atom stereocenters. The van der Waals surface area contributed by atoms with Crippen LogP contribution in [-0.2, 0) is 9.53 Å². The van der Waals surface area contributed by atoms with Gasteiger partial charge in [0.15, 0.2) is 0 Å². The summed E-state index contributed by atoms with van der Waals surface area (Å²) in [6.45, 7) is 5.80. The van der Waals surface area contributed by atoms with Crippen molar-refractivity contribution in [3.63, 3.8) is 0 Å². The number of rotatable bonds is 6. The van der Waals surface area contributed by atoms with E-state index in [0.29, 0.717) is 0 Å². The fraction of sp³-hybridized carbons (Fsp3) is 0.500. The lowest BCUT2D eigenvalue weighted by atomic mass is 10.0. The van der Waals surface area contributed by atoms with Crippen molar-refractivity contribution < 1.29 is 19.0 Å². The third-order valence-electron chi connectivity index (χ3n) is 2.89. The van der Waals surface area contributed by atoms with Crippen LogP contribution >= 0.6 is 0 Å². The van der Waals surface area contributed by atoms with Crippen LogP contribution in [0.1, 0.15) is 38.8 Å². The molecule has 0 aliphatic carbocycles. The zero-order valence-electron chi connectivity index (χ0n) is 11.4. The number of carbonyl (C=O) groups is 1. The van der Waals surface area contributed by atoms with E-state index >= 15 is 0 Å². The summed E-state index contributed by atoms with van der Waals surface area (Å²) >= 11 is 0. The Labute approximate surface area is 112 Å². The van der Waals surface area contributed by atoms with Gasteiger partial charge >= 0.3 is 5.97 Å². The van der Waals surface area contributed by atoms with Crippen LogP contribution in [0.5, 0.6) is 5.75 Å². The molecule has 5 heteroatoms. The van der Waals surface area contributed by atoms with Crippen LogP contribution in [0.4, 0.5) is 4.39 Å². The van der Waals surface area contributed by atoms with E-state index in [4.69, 9.17) is 4.74 Å². The van der Waals surface area contributed by atoms with Crippen LogP contribution < -0.4 is 5.32 Å². The Morgan fingerprint density at radius 2 is 2.16 bits per heavy atom. The van der Waals surface area contributed by atoms with Crippen molar-refractivity contribution in [2.24, 2.45) is 0 Å². The minimum absolute atomic E-state index is 0.0390. The van der Waals surface area contributed by atoms with Gasteiger partial charge in [-0.15, -0.1) is 0 Å². The molecule has 1 rings (SSSR count). The van der Waals surface area contributed by atoms with Crippen molar-refractivity contribution in [2.75, 3.05) is 6.61 Å². The molecule has 1 aromatic carbocycles. The summed E-state index contributed by atoms with van der Waals surface area (Å²) in [6, 6.07) is 2.69. The zero-order valence-corrected chi connectivity index (χ0v) is 11.4. The highest BCUT2D eigenvalue weighted by molar-refractivity contribution is 5.78. The third kappa shape index (κ3) is 4.21. The topological polar surface area (TPSA) is 58.6 Å². The first-order valence-electron chi connectivity index (χ1n) is 6.40. The Balaban J connectivity index is 3.07. The van der Waals surface area contributed by atoms with Gasteiger partial charge in [-0.25, -0.2) is 9.18 Å². The van der Waals surface area contributed by atoms with Crippen molar-refractivity contribution in [3.8, 4) is 5.75 Å². The summed E-state index contributed by atoms with van der Waals surface area (Å²) in [6.07, 6.45) is 0.798. The van der Waals surface area contributed by atoms with Gasteiger partial charge < -0.3 is 9.84 Å². The number of aromatic hydroxyl groups is 1. The summed E-state index contributed by atoms with van der Waals surface area (Å²) < 4.78 is 18.2. The second kappa shape index (κ2) is 7.09. The lowest BCUT2D eigenvalue weighted by molar-refractivity contribution is -0.146. The number of nitrogens with one attached hydrogen (secondary N) is 1. The van der Waals surface area contributed by atoms with E-state index in [-0.39, 0.29) is 24.0 Å². The highest BCUT2D eigenvalue weighted by Gasteiger charge is 2.26. The van der Waals surface area contributed by atoms with Gasteiger partial charge in [-0.1, -0.05) is 6.92 Å².